The number of pyridine rings is 1. The number of likely N-dealkylation sites (tertiary alicyclic amines) is 2. The Kier molecular flexibility index (Phi) is 33.7. The summed E-state index contributed by atoms with van der Waals surface area (Å²) in [6.07, 6.45) is 0.603. The summed E-state index contributed by atoms with van der Waals surface area (Å²) >= 11 is 6.30. The van der Waals surface area contributed by atoms with Gasteiger partial charge < -0.3 is 99.6 Å². The zero-order chi connectivity index (χ0) is 83.6. The van der Waals surface area contributed by atoms with Crippen molar-refractivity contribution in [2.45, 2.75) is 202 Å². The van der Waals surface area contributed by atoms with E-state index in [0.717, 1.165) is 27.3 Å². The number of phenols is 1. The van der Waals surface area contributed by atoms with Gasteiger partial charge in [0.1, 0.15) is 78.4 Å². The number of likely N-dealkylation sites (N-methyl/N-ethyl adjacent to an activating group) is 1. The van der Waals surface area contributed by atoms with Gasteiger partial charge in [0.25, 0.3) is 0 Å². The zero-order valence-corrected chi connectivity index (χ0v) is 65.7. The summed E-state index contributed by atoms with van der Waals surface area (Å²) in [7, 11) is 1.21. The first-order valence-corrected chi connectivity index (χ1v) is 39.1. The highest BCUT2D eigenvalue weighted by Gasteiger charge is 2.42. The van der Waals surface area contributed by atoms with Crippen molar-refractivity contribution in [1.29, 1.82) is 5.41 Å². The number of phenolic OH excluding ortho intramolecular Hbond substituents is 1. The molecule has 12 amide bonds. The van der Waals surface area contributed by atoms with Crippen LogP contribution in [0.3, 0.4) is 0 Å². The fourth-order valence-corrected chi connectivity index (χ4v) is 14.3. The van der Waals surface area contributed by atoms with E-state index in [1.807, 2.05) is 42.5 Å². The van der Waals surface area contributed by atoms with Crippen molar-refractivity contribution in [2.24, 2.45) is 17.4 Å². The fourth-order valence-electron chi connectivity index (χ4n) is 14.1. The standard InChI is InChI=1S/C81H107ClN16O17/c1-46(2)36-59(73(108)91-58(18-8-10-33-88-81(84)85)80(115)98-35-12-19-63(98)76(111)89-47(3)70(83)105)92-72(107)57(17-7-9-32-87-71(106)54-42-66(101)69(104)67(102)43-54)90-77(112)64(40-49-24-29-56(100)30-25-49)96(4)79(114)62(45-99)95-75(110)61(39-51-14-11-31-86-44-51)93-74(109)60(38-48-22-27-55(82)28-23-48)94-78(113)65(97-34-13-20-68(97)103)41-50-21-26-52-15-5-6-16-53(52)37-50/h5-6,11,14-16,21-31,37,42,44,46-47,57-67,69,99-102,104H,7-10,12-13,17-20,32-36,38-41,43,45H2,1-4H3,(H2,83,105)(H,87,106)(H,89,111)(H,90,112)(H,91,108)(H,92,107)(H,93,109)(H,94,113)(H,95,110)(H4,84,85,88). The number of rotatable bonds is 41. The number of nitrogens with one attached hydrogen (secondary N) is 10. The Morgan fingerprint density at radius 2 is 1.21 bits per heavy atom. The first-order valence-electron chi connectivity index (χ1n) is 38.8. The molecule has 8 rings (SSSR count). The van der Waals surface area contributed by atoms with Crippen LogP contribution in [0.5, 0.6) is 5.75 Å². The quantitative estimate of drug-likeness (QED) is 0.0139. The number of carbonyl (C=O) groups is 12. The predicted octanol–water partition coefficient (Wildman–Crippen LogP) is -0.0367. The Morgan fingerprint density at radius 1 is 0.626 bits per heavy atom. The van der Waals surface area contributed by atoms with Crippen molar-refractivity contribution in [1.82, 2.24) is 67.5 Å². The number of aliphatic hydroxyl groups excluding tert-OH is 4. The van der Waals surface area contributed by atoms with Crippen LogP contribution in [0.2, 0.25) is 5.02 Å². The van der Waals surface area contributed by atoms with Gasteiger partial charge in [-0.15, -0.1) is 0 Å². The third-order valence-electron chi connectivity index (χ3n) is 20.6. The normalized spacial score (nSPS) is 18.3. The van der Waals surface area contributed by atoms with E-state index in [2.05, 4.69) is 52.8 Å². The smallest absolute Gasteiger partial charge is 0.247 e. The van der Waals surface area contributed by atoms with Crippen LogP contribution in [-0.4, -0.2) is 241 Å². The van der Waals surface area contributed by atoms with Gasteiger partial charge in [0.2, 0.25) is 70.9 Å². The second kappa shape index (κ2) is 43.4. The van der Waals surface area contributed by atoms with Gasteiger partial charge in [0.05, 0.1) is 12.7 Å². The molecular weight excluding hydrogens is 1500 g/mol. The number of hydrogen-bond donors (Lipinski definition) is 17. The summed E-state index contributed by atoms with van der Waals surface area (Å²) in [6, 6.07) is 14.8. The van der Waals surface area contributed by atoms with Gasteiger partial charge in [0, 0.05) is 94.7 Å². The number of nitrogens with zero attached hydrogens (tertiary/aromatic N) is 4. The number of nitrogens with two attached hydrogens (primary N) is 2. The largest absolute Gasteiger partial charge is 0.508 e. The lowest BCUT2D eigenvalue weighted by Crippen LogP contribution is -2.62. The van der Waals surface area contributed by atoms with E-state index in [0.29, 0.717) is 41.0 Å². The average molecular weight is 1610 g/mol. The molecular formula is C81H107ClN16O17. The highest BCUT2D eigenvalue weighted by atomic mass is 35.5. The van der Waals surface area contributed by atoms with E-state index in [9.17, 15) is 59.1 Å². The Hall–Kier alpha value is -11.1. The van der Waals surface area contributed by atoms with Gasteiger partial charge in [-0.05, 0) is 146 Å². The average Bonchev–Trinajstić information content (AvgIpc) is 1.69. The van der Waals surface area contributed by atoms with Crippen molar-refractivity contribution in [3.63, 3.8) is 0 Å². The summed E-state index contributed by atoms with van der Waals surface area (Å²) in [4.78, 5) is 181. The zero-order valence-electron chi connectivity index (χ0n) is 64.9. The number of aliphatic hydroxyl groups is 4. The third-order valence-corrected chi connectivity index (χ3v) is 20.8. The number of guanidine groups is 1. The number of halogens is 1. The maximum atomic E-state index is 15.4. The summed E-state index contributed by atoms with van der Waals surface area (Å²) in [5.74, 6) is -10.1. The number of unbranched alkanes of at least 4 members (excludes halogenated alkanes) is 2. The molecule has 1 aliphatic carbocycles. The molecule has 13 unspecified atom stereocenters. The lowest BCUT2D eigenvalue weighted by Gasteiger charge is -2.33. The van der Waals surface area contributed by atoms with Crippen LogP contribution < -0.4 is 59.3 Å². The highest BCUT2D eigenvalue weighted by Crippen LogP contribution is 2.26. The van der Waals surface area contributed by atoms with E-state index >= 15 is 24.0 Å². The van der Waals surface area contributed by atoms with E-state index < -0.39 is 150 Å². The number of benzene rings is 4. The number of primary amides is 1. The number of fused-ring (bicyclic) bond motifs is 1. The molecule has 620 valence electrons. The molecule has 5 aromatic rings. The maximum Gasteiger partial charge on any atom is 0.247 e. The number of aromatic nitrogens is 1. The number of amides is 12. The molecule has 19 N–H and O–H groups in total. The highest BCUT2D eigenvalue weighted by molar-refractivity contribution is 6.30. The fraction of sp³-hybridized carbons (Fsp3) is 0.481. The van der Waals surface area contributed by atoms with E-state index in [-0.39, 0.29) is 139 Å². The van der Waals surface area contributed by atoms with Crippen LogP contribution in [0, 0.1) is 11.3 Å². The van der Waals surface area contributed by atoms with Crippen LogP contribution >= 0.6 is 11.6 Å². The molecule has 33 nitrogen and oxygen atoms in total. The molecule has 0 bridgehead atoms. The number of hydrogen-bond acceptors (Lipinski definition) is 19. The van der Waals surface area contributed by atoms with E-state index in [4.69, 9.17) is 28.5 Å². The van der Waals surface area contributed by atoms with Crippen molar-refractivity contribution < 1.29 is 83.1 Å². The second-order valence-corrected chi connectivity index (χ2v) is 30.3. The molecule has 2 fully saturated rings. The Labute approximate surface area is 671 Å². The molecule has 2 saturated heterocycles. The van der Waals surface area contributed by atoms with Gasteiger partial charge in [-0.3, -0.25) is 67.9 Å². The van der Waals surface area contributed by atoms with Gasteiger partial charge in [-0.1, -0.05) is 98.2 Å². The molecule has 0 radical (unpaired) electrons. The summed E-state index contributed by atoms with van der Waals surface area (Å²) in [6.45, 7) is 4.42. The van der Waals surface area contributed by atoms with Crippen LogP contribution in [-0.2, 0) is 83.2 Å². The summed E-state index contributed by atoms with van der Waals surface area (Å²) < 4.78 is 0. The molecule has 3 heterocycles. The maximum absolute atomic E-state index is 15.4. The SMILES string of the molecule is CC(C)CC(NC(=O)C(CCCCNC(=O)C1=CC(O)C(O)C(O)C1)NC(=O)C(Cc1ccc(O)cc1)N(C)C(=O)C(CO)NC(=O)C(Cc1cccnc1)NC(=O)C(Cc1ccc(Cl)cc1)NC(=O)C(Cc1ccc2ccccc2c1)N1CCCC1=O)C(=O)NC(CCCCNC(=N)N)C(=O)N1CCCC1C(=O)NC(C)C(N)=O. The molecule has 3 aliphatic rings. The van der Waals surface area contributed by atoms with Gasteiger partial charge in [-0.2, -0.15) is 0 Å². The minimum atomic E-state index is -1.86. The summed E-state index contributed by atoms with van der Waals surface area (Å²) in [5.41, 5.74) is 13.0. The second-order valence-electron chi connectivity index (χ2n) is 29.9. The monoisotopic (exact) mass is 1610 g/mol. The Morgan fingerprint density at radius 3 is 1.83 bits per heavy atom. The first-order chi connectivity index (χ1) is 54.9. The van der Waals surface area contributed by atoms with Crippen molar-refractivity contribution in [3.05, 3.63) is 154 Å². The van der Waals surface area contributed by atoms with E-state index in [1.54, 1.807) is 50.2 Å². The van der Waals surface area contributed by atoms with E-state index in [1.165, 1.54) is 60.4 Å². The summed E-state index contributed by atoms with van der Waals surface area (Å²) in [5, 5.41) is 86.6. The molecule has 0 saturated carbocycles. The van der Waals surface area contributed by atoms with Crippen LogP contribution in [0.25, 0.3) is 10.8 Å². The Balaban J connectivity index is 1.06. The lowest BCUT2D eigenvalue weighted by atomic mass is 9.92. The topological polar surface area (TPSA) is 513 Å². The molecule has 2 aliphatic heterocycles. The number of carbonyl (C=O) groups excluding carboxylic acids is 12. The minimum absolute atomic E-state index is 0.00424. The first kappa shape index (κ1) is 89.4. The van der Waals surface area contributed by atoms with Crippen LogP contribution in [0.4, 0.5) is 0 Å². The molecule has 115 heavy (non-hydrogen) atoms. The minimum Gasteiger partial charge on any atom is -0.508 e. The lowest BCUT2D eigenvalue weighted by molar-refractivity contribution is -0.144. The van der Waals surface area contributed by atoms with Crippen molar-refractivity contribution >= 4 is 99.2 Å². The molecule has 13 atom stereocenters. The molecule has 0 spiro atoms. The Bertz CT molecular complexity index is 4270. The predicted molar refractivity (Wildman–Crippen MR) is 425 cm³/mol. The number of aromatic hydroxyl groups is 1. The van der Waals surface area contributed by atoms with Crippen LogP contribution in [0.1, 0.15) is 120 Å². The third kappa shape index (κ3) is 26.5. The van der Waals surface area contributed by atoms with Gasteiger partial charge in [0.15, 0.2) is 5.96 Å². The van der Waals surface area contributed by atoms with Crippen molar-refractivity contribution in [3.8, 4) is 5.75 Å². The van der Waals surface area contributed by atoms with Crippen LogP contribution in [0.15, 0.2) is 127 Å². The molecule has 1 aromatic heterocycles. The molecule has 34 heteroatoms. The van der Waals surface area contributed by atoms with Gasteiger partial charge in [-0.25, -0.2) is 0 Å². The van der Waals surface area contributed by atoms with Crippen molar-refractivity contribution in [2.75, 3.05) is 39.8 Å². The molecule has 4 aromatic carbocycles. The van der Waals surface area contributed by atoms with Gasteiger partial charge >= 0.3 is 0 Å².